The minimum absolute atomic E-state index is 0.0342. The number of rotatable bonds is 4. The van der Waals surface area contributed by atoms with Crippen molar-refractivity contribution in [2.45, 2.75) is 31.0 Å². The van der Waals surface area contributed by atoms with E-state index >= 15 is 0 Å². The van der Waals surface area contributed by atoms with Crippen LogP contribution in [0.5, 0.6) is 0 Å². The van der Waals surface area contributed by atoms with Crippen LogP contribution >= 0.6 is 15.9 Å². The number of alkyl halides is 4. The molecule has 0 aromatic rings. The molecule has 0 bridgehead atoms. The second-order valence-corrected chi connectivity index (χ2v) is 4.43. The van der Waals surface area contributed by atoms with Crippen LogP contribution in [0, 0.1) is 5.92 Å². The molecule has 0 rings (SSSR count). The highest BCUT2D eigenvalue weighted by Gasteiger charge is 2.38. The minimum atomic E-state index is -4.70. The highest BCUT2D eigenvalue weighted by molar-refractivity contribution is 9.10. The van der Waals surface area contributed by atoms with E-state index in [9.17, 15) is 18.0 Å². The van der Waals surface area contributed by atoms with E-state index in [1.807, 2.05) is 5.32 Å². The molecule has 3 nitrogen and oxygen atoms in total. The van der Waals surface area contributed by atoms with Gasteiger partial charge in [-0.15, -0.1) is 0 Å². The molecule has 0 aliphatic carbocycles. The van der Waals surface area contributed by atoms with Crippen LogP contribution in [0.25, 0.3) is 0 Å². The Kier molecular flexibility index (Phi) is 5.58. The van der Waals surface area contributed by atoms with Crippen LogP contribution in [0.2, 0.25) is 0 Å². The summed E-state index contributed by atoms with van der Waals surface area (Å²) in [7, 11) is 0. The number of hydrogen-bond donors (Lipinski definition) is 2. The van der Waals surface area contributed by atoms with Crippen molar-refractivity contribution in [3.8, 4) is 0 Å². The number of amides is 1. The fourth-order valence-corrected chi connectivity index (χ4v) is 0.875. The van der Waals surface area contributed by atoms with E-state index in [4.69, 9.17) is 5.11 Å². The zero-order chi connectivity index (χ0) is 12.2. The molecule has 0 spiro atoms. The third-order valence-electron chi connectivity index (χ3n) is 1.68. The Morgan fingerprint density at radius 2 is 1.93 bits per heavy atom. The van der Waals surface area contributed by atoms with Gasteiger partial charge < -0.3 is 10.4 Å². The minimum Gasteiger partial charge on any atom is -0.382 e. The molecule has 90 valence electrons. The van der Waals surface area contributed by atoms with Crippen LogP contribution < -0.4 is 5.32 Å². The average Bonchev–Trinajstić information content (AvgIpc) is 2.10. The van der Waals surface area contributed by atoms with E-state index in [2.05, 4.69) is 15.9 Å². The SMILES string of the molecule is CC(C)C(Br)C(=O)NCC(O)C(F)(F)F. The summed E-state index contributed by atoms with van der Waals surface area (Å²) in [5.74, 6) is -0.596. The summed E-state index contributed by atoms with van der Waals surface area (Å²) in [4.78, 5) is 10.6. The maximum absolute atomic E-state index is 11.8. The first-order valence-corrected chi connectivity index (χ1v) is 5.24. The number of nitrogens with one attached hydrogen (secondary N) is 1. The molecule has 2 atom stereocenters. The molecule has 0 heterocycles. The Labute approximate surface area is 94.2 Å². The molecule has 0 fully saturated rings. The van der Waals surface area contributed by atoms with Crippen LogP contribution in [0.3, 0.4) is 0 Å². The van der Waals surface area contributed by atoms with E-state index in [1.165, 1.54) is 0 Å². The average molecular weight is 292 g/mol. The fourth-order valence-electron chi connectivity index (χ4n) is 0.713. The number of halogens is 4. The van der Waals surface area contributed by atoms with Gasteiger partial charge in [0.05, 0.1) is 11.4 Å². The molecule has 0 aromatic heterocycles. The zero-order valence-electron chi connectivity index (χ0n) is 8.31. The van der Waals surface area contributed by atoms with Gasteiger partial charge in [0.25, 0.3) is 0 Å². The van der Waals surface area contributed by atoms with Crippen molar-refractivity contribution >= 4 is 21.8 Å². The largest absolute Gasteiger partial charge is 0.416 e. The van der Waals surface area contributed by atoms with Crippen LogP contribution in [0.1, 0.15) is 13.8 Å². The maximum atomic E-state index is 11.8. The van der Waals surface area contributed by atoms with Crippen molar-refractivity contribution < 1.29 is 23.1 Å². The van der Waals surface area contributed by atoms with Crippen LogP contribution in [0.15, 0.2) is 0 Å². The summed E-state index contributed by atoms with van der Waals surface area (Å²) in [6, 6.07) is 0. The number of carbonyl (C=O) groups is 1. The number of carbonyl (C=O) groups excluding carboxylic acids is 1. The second kappa shape index (κ2) is 5.69. The van der Waals surface area contributed by atoms with Gasteiger partial charge in [0, 0.05) is 0 Å². The van der Waals surface area contributed by atoms with Crippen molar-refractivity contribution in [1.82, 2.24) is 5.32 Å². The molecule has 0 radical (unpaired) electrons. The maximum Gasteiger partial charge on any atom is 0.416 e. The van der Waals surface area contributed by atoms with Gasteiger partial charge in [-0.2, -0.15) is 13.2 Å². The Morgan fingerprint density at radius 1 is 1.47 bits per heavy atom. The lowest BCUT2D eigenvalue weighted by Crippen LogP contribution is -2.43. The van der Waals surface area contributed by atoms with E-state index in [0.717, 1.165) is 0 Å². The third-order valence-corrected chi connectivity index (χ3v) is 3.16. The van der Waals surface area contributed by atoms with Crippen molar-refractivity contribution in [3.05, 3.63) is 0 Å². The van der Waals surface area contributed by atoms with Crippen LogP contribution in [-0.2, 0) is 4.79 Å². The summed E-state index contributed by atoms with van der Waals surface area (Å²) < 4.78 is 35.5. The topological polar surface area (TPSA) is 49.3 Å². The highest BCUT2D eigenvalue weighted by atomic mass is 79.9. The molecule has 0 saturated carbocycles. The molecule has 7 heteroatoms. The van der Waals surface area contributed by atoms with E-state index in [1.54, 1.807) is 13.8 Å². The normalized spacial score (nSPS) is 16.3. The first-order chi connectivity index (χ1) is 6.66. The van der Waals surface area contributed by atoms with Crippen LogP contribution in [0.4, 0.5) is 13.2 Å². The summed E-state index contributed by atoms with van der Waals surface area (Å²) in [5, 5.41) is 10.6. The summed E-state index contributed by atoms with van der Waals surface area (Å²) in [6.07, 6.45) is -7.22. The predicted molar refractivity (Wildman–Crippen MR) is 52.6 cm³/mol. The molecule has 15 heavy (non-hydrogen) atoms. The first kappa shape index (κ1) is 14.7. The van der Waals surface area contributed by atoms with Gasteiger partial charge in [0.1, 0.15) is 0 Å². The molecular formula is C8H13BrF3NO2. The van der Waals surface area contributed by atoms with Crippen molar-refractivity contribution in [2.24, 2.45) is 5.92 Å². The smallest absolute Gasteiger partial charge is 0.382 e. The fraction of sp³-hybridized carbons (Fsp3) is 0.875. The predicted octanol–water partition coefficient (Wildman–Crippen LogP) is 1.45. The van der Waals surface area contributed by atoms with Gasteiger partial charge in [-0.05, 0) is 5.92 Å². The highest BCUT2D eigenvalue weighted by Crippen LogP contribution is 2.19. The Hall–Kier alpha value is -0.300. The Bertz CT molecular complexity index is 220. The molecule has 2 unspecified atom stereocenters. The molecule has 0 saturated heterocycles. The quantitative estimate of drug-likeness (QED) is 0.770. The van der Waals surface area contributed by atoms with E-state index in [-0.39, 0.29) is 5.92 Å². The molecule has 1 amide bonds. The number of hydrogen-bond acceptors (Lipinski definition) is 2. The molecule has 0 aliphatic heterocycles. The lowest BCUT2D eigenvalue weighted by atomic mass is 10.1. The summed E-state index contributed by atoms with van der Waals surface area (Å²) in [6.45, 7) is 2.68. The van der Waals surface area contributed by atoms with E-state index in [0.29, 0.717) is 0 Å². The van der Waals surface area contributed by atoms with E-state index < -0.39 is 29.6 Å². The monoisotopic (exact) mass is 291 g/mol. The van der Waals surface area contributed by atoms with Gasteiger partial charge in [0.15, 0.2) is 6.10 Å². The molecular weight excluding hydrogens is 279 g/mol. The summed E-state index contributed by atoms with van der Waals surface area (Å²) in [5.41, 5.74) is 0. The second-order valence-electron chi connectivity index (χ2n) is 3.45. The van der Waals surface area contributed by atoms with Gasteiger partial charge in [-0.25, -0.2) is 0 Å². The van der Waals surface area contributed by atoms with Crippen LogP contribution in [-0.4, -0.2) is 34.7 Å². The first-order valence-electron chi connectivity index (χ1n) is 4.32. The number of aliphatic hydroxyl groups is 1. The lowest BCUT2D eigenvalue weighted by Gasteiger charge is -2.17. The zero-order valence-corrected chi connectivity index (χ0v) is 9.89. The molecule has 0 aliphatic rings. The number of aliphatic hydroxyl groups excluding tert-OH is 1. The third kappa shape index (κ3) is 5.36. The van der Waals surface area contributed by atoms with Gasteiger partial charge in [-0.3, -0.25) is 4.79 Å². The Balaban J connectivity index is 4.02. The lowest BCUT2D eigenvalue weighted by molar-refractivity contribution is -0.201. The Morgan fingerprint density at radius 3 is 2.27 bits per heavy atom. The molecule has 0 aromatic carbocycles. The van der Waals surface area contributed by atoms with Gasteiger partial charge in [0.2, 0.25) is 5.91 Å². The van der Waals surface area contributed by atoms with Gasteiger partial charge in [-0.1, -0.05) is 29.8 Å². The standard InChI is InChI=1S/C8H13BrF3NO2/c1-4(2)6(9)7(15)13-3-5(14)8(10,11)12/h4-6,14H,3H2,1-2H3,(H,13,15). The molecule has 2 N–H and O–H groups in total. The van der Waals surface area contributed by atoms with Gasteiger partial charge >= 0.3 is 6.18 Å². The van der Waals surface area contributed by atoms with Crippen molar-refractivity contribution in [3.63, 3.8) is 0 Å². The van der Waals surface area contributed by atoms with Crippen molar-refractivity contribution in [2.75, 3.05) is 6.54 Å². The summed E-state index contributed by atoms with van der Waals surface area (Å²) >= 11 is 3.03. The van der Waals surface area contributed by atoms with Crippen molar-refractivity contribution in [1.29, 1.82) is 0 Å².